The van der Waals surface area contributed by atoms with Gasteiger partial charge >= 0.3 is 0 Å². The van der Waals surface area contributed by atoms with Crippen LogP contribution in [-0.2, 0) is 4.79 Å². The van der Waals surface area contributed by atoms with E-state index in [-0.39, 0.29) is 17.9 Å². The van der Waals surface area contributed by atoms with Crippen molar-refractivity contribution in [3.63, 3.8) is 0 Å². The number of carbonyl (C=O) groups is 1. The summed E-state index contributed by atoms with van der Waals surface area (Å²) in [5, 5.41) is 18.8. The van der Waals surface area contributed by atoms with E-state index in [1.165, 1.54) is 0 Å². The summed E-state index contributed by atoms with van der Waals surface area (Å²) in [5.41, 5.74) is -0.867. The van der Waals surface area contributed by atoms with E-state index in [0.29, 0.717) is 25.9 Å². The summed E-state index contributed by atoms with van der Waals surface area (Å²) >= 11 is 0. The van der Waals surface area contributed by atoms with Gasteiger partial charge in [0, 0.05) is 19.0 Å². The molecule has 0 aromatic rings. The number of aliphatic hydroxyl groups excluding tert-OH is 1. The molecule has 0 aliphatic carbocycles. The van der Waals surface area contributed by atoms with Crippen LogP contribution in [0.2, 0.25) is 0 Å². The van der Waals surface area contributed by atoms with Gasteiger partial charge in [-0.15, -0.1) is 0 Å². The van der Waals surface area contributed by atoms with Crippen LogP contribution in [0, 0.1) is 22.7 Å². The predicted molar refractivity (Wildman–Crippen MR) is 65.0 cm³/mol. The minimum atomic E-state index is -0.867. The van der Waals surface area contributed by atoms with E-state index in [9.17, 15) is 15.2 Å². The van der Waals surface area contributed by atoms with E-state index in [4.69, 9.17) is 0 Å². The molecule has 4 heteroatoms. The lowest BCUT2D eigenvalue weighted by molar-refractivity contribution is -0.138. The average Bonchev–Trinajstić information content (AvgIpc) is 2.81. The average molecular weight is 238 g/mol. The van der Waals surface area contributed by atoms with E-state index in [0.717, 1.165) is 6.42 Å². The van der Waals surface area contributed by atoms with Gasteiger partial charge < -0.3 is 10.0 Å². The fourth-order valence-corrected chi connectivity index (χ4v) is 2.43. The number of aliphatic hydroxyl groups is 1. The van der Waals surface area contributed by atoms with E-state index >= 15 is 0 Å². The summed E-state index contributed by atoms with van der Waals surface area (Å²) in [4.78, 5) is 14.1. The van der Waals surface area contributed by atoms with Crippen LogP contribution in [0.5, 0.6) is 0 Å². The van der Waals surface area contributed by atoms with Crippen molar-refractivity contribution in [3.05, 3.63) is 0 Å². The van der Waals surface area contributed by atoms with Crippen LogP contribution in [-0.4, -0.2) is 35.1 Å². The van der Waals surface area contributed by atoms with Crippen molar-refractivity contribution in [3.8, 4) is 6.07 Å². The Morgan fingerprint density at radius 1 is 1.59 bits per heavy atom. The Kier molecular flexibility index (Phi) is 4.53. The number of rotatable bonds is 4. The number of amides is 1. The van der Waals surface area contributed by atoms with Crippen LogP contribution < -0.4 is 0 Å². The lowest BCUT2D eigenvalue weighted by Gasteiger charge is -2.28. The normalized spacial score (nSPS) is 22.3. The highest BCUT2D eigenvalue weighted by Crippen LogP contribution is 2.31. The minimum absolute atomic E-state index is 0.0619. The van der Waals surface area contributed by atoms with Gasteiger partial charge in [0.05, 0.1) is 12.2 Å². The largest absolute Gasteiger partial charge is 0.393 e. The molecule has 2 atom stereocenters. The topological polar surface area (TPSA) is 64.3 Å². The molecule has 0 aromatic carbocycles. The Balaban J connectivity index is 2.75. The number of carbonyl (C=O) groups excluding carboxylic acids is 1. The van der Waals surface area contributed by atoms with Gasteiger partial charge in [-0.05, 0) is 26.2 Å². The monoisotopic (exact) mass is 238 g/mol. The molecule has 1 aliphatic heterocycles. The van der Waals surface area contributed by atoms with Gasteiger partial charge in [0.2, 0.25) is 5.91 Å². The zero-order valence-corrected chi connectivity index (χ0v) is 10.9. The first-order chi connectivity index (χ1) is 8.00. The van der Waals surface area contributed by atoms with Crippen molar-refractivity contribution in [2.45, 2.75) is 46.1 Å². The highest BCUT2D eigenvalue weighted by molar-refractivity contribution is 5.85. The molecule has 1 heterocycles. The smallest absolute Gasteiger partial charge is 0.243 e. The summed E-state index contributed by atoms with van der Waals surface area (Å²) in [6.07, 6.45) is 1.55. The van der Waals surface area contributed by atoms with Crippen molar-refractivity contribution in [2.24, 2.45) is 11.3 Å². The second kappa shape index (κ2) is 5.50. The fourth-order valence-electron chi connectivity index (χ4n) is 2.43. The van der Waals surface area contributed by atoms with Gasteiger partial charge in [0.25, 0.3) is 0 Å². The molecule has 0 radical (unpaired) electrons. The summed E-state index contributed by atoms with van der Waals surface area (Å²) in [6.45, 7) is 6.77. The van der Waals surface area contributed by atoms with Crippen molar-refractivity contribution in [1.82, 2.24) is 4.90 Å². The third-order valence-corrected chi connectivity index (χ3v) is 4.02. The first-order valence-electron chi connectivity index (χ1n) is 6.39. The molecule has 0 aromatic heterocycles. The van der Waals surface area contributed by atoms with Crippen LogP contribution >= 0.6 is 0 Å². The van der Waals surface area contributed by atoms with Gasteiger partial charge in [-0.3, -0.25) is 4.79 Å². The predicted octanol–water partition coefficient (Wildman–Crippen LogP) is 1.55. The summed E-state index contributed by atoms with van der Waals surface area (Å²) < 4.78 is 0. The Morgan fingerprint density at radius 2 is 2.18 bits per heavy atom. The quantitative estimate of drug-likeness (QED) is 0.808. The van der Waals surface area contributed by atoms with Crippen LogP contribution in [0.15, 0.2) is 0 Å². The molecule has 0 saturated carbocycles. The zero-order valence-electron chi connectivity index (χ0n) is 10.9. The van der Waals surface area contributed by atoms with Crippen molar-refractivity contribution in [2.75, 3.05) is 13.1 Å². The maximum absolute atomic E-state index is 12.4. The van der Waals surface area contributed by atoms with Crippen LogP contribution in [0.25, 0.3) is 0 Å². The van der Waals surface area contributed by atoms with Crippen molar-refractivity contribution in [1.29, 1.82) is 5.26 Å². The molecule has 0 spiro atoms. The van der Waals surface area contributed by atoms with Gasteiger partial charge in [0.15, 0.2) is 0 Å². The Labute approximate surface area is 103 Å². The maximum Gasteiger partial charge on any atom is 0.243 e. The van der Waals surface area contributed by atoms with Gasteiger partial charge in [0.1, 0.15) is 5.41 Å². The minimum Gasteiger partial charge on any atom is -0.393 e. The molecule has 1 N–H and O–H groups in total. The molecule has 1 aliphatic rings. The van der Waals surface area contributed by atoms with Crippen molar-refractivity contribution >= 4 is 5.91 Å². The Morgan fingerprint density at radius 3 is 2.53 bits per heavy atom. The molecule has 2 unspecified atom stereocenters. The standard InChI is InChI=1S/C13H22N2O2/c1-4-13(5-2,9-14)12(17)15-7-6-11(8-15)10(3)16/h10-11,16H,4-8H2,1-3H3. The second-order valence-electron chi connectivity index (χ2n) is 4.94. The number of likely N-dealkylation sites (tertiary alicyclic amines) is 1. The van der Waals surface area contributed by atoms with E-state index in [2.05, 4.69) is 6.07 Å². The van der Waals surface area contributed by atoms with Crippen LogP contribution in [0.1, 0.15) is 40.0 Å². The molecular weight excluding hydrogens is 216 g/mol. The summed E-state index contributed by atoms with van der Waals surface area (Å²) in [6, 6.07) is 2.18. The molecule has 1 saturated heterocycles. The highest BCUT2D eigenvalue weighted by Gasteiger charge is 2.41. The summed E-state index contributed by atoms with van der Waals surface area (Å²) in [7, 11) is 0. The molecule has 0 bridgehead atoms. The van der Waals surface area contributed by atoms with Crippen molar-refractivity contribution < 1.29 is 9.90 Å². The molecule has 96 valence electrons. The highest BCUT2D eigenvalue weighted by atomic mass is 16.3. The lowest BCUT2D eigenvalue weighted by atomic mass is 9.82. The first-order valence-corrected chi connectivity index (χ1v) is 6.39. The Bertz CT molecular complexity index is 316. The van der Waals surface area contributed by atoms with Gasteiger partial charge in [-0.25, -0.2) is 0 Å². The molecule has 17 heavy (non-hydrogen) atoms. The fraction of sp³-hybridized carbons (Fsp3) is 0.846. The summed E-state index contributed by atoms with van der Waals surface area (Å²) in [5.74, 6) is 0.0946. The first kappa shape index (κ1) is 14.0. The molecular formula is C13H22N2O2. The van der Waals surface area contributed by atoms with Crippen LogP contribution in [0.3, 0.4) is 0 Å². The molecule has 1 fully saturated rings. The SMILES string of the molecule is CCC(C#N)(CC)C(=O)N1CCC(C(C)O)C1. The van der Waals surface area contributed by atoms with E-state index in [1.54, 1.807) is 11.8 Å². The van der Waals surface area contributed by atoms with Crippen LogP contribution in [0.4, 0.5) is 0 Å². The number of hydrogen-bond donors (Lipinski definition) is 1. The van der Waals surface area contributed by atoms with Gasteiger partial charge in [-0.1, -0.05) is 13.8 Å². The Hall–Kier alpha value is -1.08. The van der Waals surface area contributed by atoms with E-state index < -0.39 is 5.41 Å². The maximum atomic E-state index is 12.4. The third-order valence-electron chi connectivity index (χ3n) is 4.02. The number of nitrogens with zero attached hydrogens (tertiary/aromatic N) is 2. The number of nitriles is 1. The molecule has 4 nitrogen and oxygen atoms in total. The second-order valence-corrected chi connectivity index (χ2v) is 4.94. The zero-order chi connectivity index (χ0) is 13.1. The van der Waals surface area contributed by atoms with E-state index in [1.807, 2.05) is 13.8 Å². The third kappa shape index (κ3) is 2.61. The number of hydrogen-bond acceptors (Lipinski definition) is 3. The molecule has 1 amide bonds. The van der Waals surface area contributed by atoms with Gasteiger partial charge in [-0.2, -0.15) is 5.26 Å². The molecule has 1 rings (SSSR count). The lowest BCUT2D eigenvalue weighted by Crippen LogP contribution is -2.42.